The third kappa shape index (κ3) is 2.67. The van der Waals surface area contributed by atoms with E-state index in [1.54, 1.807) is 6.26 Å². The summed E-state index contributed by atoms with van der Waals surface area (Å²) in [5.41, 5.74) is 2.11. The number of hydrogen-bond donors (Lipinski definition) is 2. The van der Waals surface area contributed by atoms with Gasteiger partial charge in [0, 0.05) is 36.1 Å². The van der Waals surface area contributed by atoms with Crippen LogP contribution in [0.15, 0.2) is 47.1 Å². The van der Waals surface area contributed by atoms with Gasteiger partial charge >= 0.3 is 0 Å². The molecule has 0 aliphatic carbocycles. The summed E-state index contributed by atoms with van der Waals surface area (Å²) in [5.74, 6) is 0.996. The van der Waals surface area contributed by atoms with Gasteiger partial charge < -0.3 is 14.7 Å². The molecule has 0 bridgehead atoms. The third-order valence-corrected chi connectivity index (χ3v) is 3.58. The van der Waals surface area contributed by atoms with Gasteiger partial charge in [0.2, 0.25) is 0 Å². The van der Waals surface area contributed by atoms with E-state index in [9.17, 15) is 0 Å². The lowest BCUT2D eigenvalue weighted by molar-refractivity contribution is 0.498. The molecule has 3 rings (SSSR count). The number of rotatable bonds is 5. The minimum atomic E-state index is 0.730. The molecule has 19 heavy (non-hydrogen) atoms. The van der Waals surface area contributed by atoms with Crippen LogP contribution in [-0.4, -0.2) is 11.5 Å². The van der Waals surface area contributed by atoms with Crippen LogP contribution in [0, 0.1) is 0 Å². The fourth-order valence-corrected chi connectivity index (χ4v) is 2.44. The Morgan fingerprint density at radius 1 is 1.16 bits per heavy atom. The average molecular weight is 275 g/mol. The van der Waals surface area contributed by atoms with Crippen molar-refractivity contribution in [2.24, 2.45) is 0 Å². The summed E-state index contributed by atoms with van der Waals surface area (Å²) in [6.07, 6.45) is 2.58. The minimum Gasteiger partial charge on any atom is -0.469 e. The summed E-state index contributed by atoms with van der Waals surface area (Å²) in [7, 11) is 0. The van der Waals surface area contributed by atoms with E-state index in [0.717, 1.165) is 46.9 Å². The largest absolute Gasteiger partial charge is 0.469 e. The zero-order valence-electron chi connectivity index (χ0n) is 10.4. The van der Waals surface area contributed by atoms with Gasteiger partial charge in [0.25, 0.3) is 0 Å². The van der Waals surface area contributed by atoms with Crippen LogP contribution in [0.25, 0.3) is 10.9 Å². The molecule has 0 aliphatic heterocycles. The molecule has 0 saturated carbocycles. The molecule has 2 heterocycles. The van der Waals surface area contributed by atoms with Crippen molar-refractivity contribution in [1.29, 1.82) is 0 Å². The fraction of sp³-hybridized carbons (Fsp3) is 0.200. The number of nitrogens with one attached hydrogen (secondary N) is 2. The van der Waals surface area contributed by atoms with Gasteiger partial charge in [-0.15, -0.1) is 0 Å². The summed E-state index contributed by atoms with van der Waals surface area (Å²) in [6.45, 7) is 1.59. The molecular formula is C15H15ClN2O. The first kappa shape index (κ1) is 12.3. The molecule has 0 aliphatic rings. The maximum atomic E-state index is 6.35. The highest BCUT2D eigenvalue weighted by Gasteiger charge is 2.08. The molecular weight excluding hydrogens is 260 g/mol. The Balaban J connectivity index is 1.61. The number of benzene rings is 1. The van der Waals surface area contributed by atoms with Crippen molar-refractivity contribution in [2.45, 2.75) is 13.0 Å². The fourth-order valence-electron chi connectivity index (χ4n) is 2.17. The van der Waals surface area contributed by atoms with E-state index >= 15 is 0 Å². The Bertz CT molecular complexity index is 658. The van der Waals surface area contributed by atoms with E-state index in [0.29, 0.717) is 0 Å². The highest BCUT2D eigenvalue weighted by molar-refractivity contribution is 6.36. The smallest absolute Gasteiger partial charge is 0.105 e. The van der Waals surface area contributed by atoms with Gasteiger partial charge in [0.05, 0.1) is 11.3 Å². The minimum absolute atomic E-state index is 0.730. The first-order valence-corrected chi connectivity index (χ1v) is 6.70. The SMILES string of the molecule is Clc1c(CNCCc2ccco2)[nH]c2ccccc12. The summed E-state index contributed by atoms with van der Waals surface area (Å²) < 4.78 is 5.28. The van der Waals surface area contributed by atoms with Crippen LogP contribution in [0.2, 0.25) is 5.02 Å². The molecule has 0 amide bonds. The quantitative estimate of drug-likeness (QED) is 0.696. The monoisotopic (exact) mass is 274 g/mol. The maximum Gasteiger partial charge on any atom is 0.105 e. The third-order valence-electron chi connectivity index (χ3n) is 3.14. The lowest BCUT2D eigenvalue weighted by atomic mass is 10.2. The Kier molecular flexibility index (Phi) is 3.58. The zero-order chi connectivity index (χ0) is 13.1. The van der Waals surface area contributed by atoms with Gasteiger partial charge in [-0.2, -0.15) is 0 Å². The van der Waals surface area contributed by atoms with E-state index in [2.05, 4.69) is 10.3 Å². The van der Waals surface area contributed by atoms with Gasteiger partial charge in [0.15, 0.2) is 0 Å². The zero-order valence-corrected chi connectivity index (χ0v) is 11.2. The van der Waals surface area contributed by atoms with Gasteiger partial charge in [-0.05, 0) is 18.2 Å². The number of aromatic nitrogens is 1. The van der Waals surface area contributed by atoms with Crippen LogP contribution < -0.4 is 5.32 Å². The predicted octanol–water partition coefficient (Wildman–Crippen LogP) is 3.75. The van der Waals surface area contributed by atoms with Gasteiger partial charge in [0.1, 0.15) is 5.76 Å². The van der Waals surface area contributed by atoms with Gasteiger partial charge in [-0.3, -0.25) is 0 Å². The van der Waals surface area contributed by atoms with Crippen molar-refractivity contribution < 1.29 is 4.42 Å². The van der Waals surface area contributed by atoms with Crippen molar-refractivity contribution in [1.82, 2.24) is 10.3 Å². The molecule has 0 atom stereocenters. The van der Waals surface area contributed by atoms with Crippen LogP contribution >= 0.6 is 11.6 Å². The van der Waals surface area contributed by atoms with Crippen molar-refractivity contribution in [3.8, 4) is 0 Å². The number of hydrogen-bond acceptors (Lipinski definition) is 2. The second-order valence-corrected chi connectivity index (χ2v) is 4.85. The second-order valence-electron chi connectivity index (χ2n) is 4.47. The van der Waals surface area contributed by atoms with Crippen LogP contribution in [-0.2, 0) is 13.0 Å². The van der Waals surface area contributed by atoms with Gasteiger partial charge in [-0.25, -0.2) is 0 Å². The van der Waals surface area contributed by atoms with E-state index < -0.39 is 0 Å². The molecule has 3 nitrogen and oxygen atoms in total. The normalized spacial score (nSPS) is 11.2. The molecule has 2 aromatic heterocycles. The number of halogens is 1. The van der Waals surface area contributed by atoms with Gasteiger partial charge in [-0.1, -0.05) is 29.8 Å². The molecule has 0 saturated heterocycles. The molecule has 98 valence electrons. The van der Waals surface area contributed by atoms with E-state index in [4.69, 9.17) is 16.0 Å². The number of para-hydroxylation sites is 1. The number of H-pyrrole nitrogens is 1. The number of furan rings is 1. The molecule has 2 N–H and O–H groups in total. The molecule has 1 aromatic carbocycles. The first-order valence-electron chi connectivity index (χ1n) is 6.33. The van der Waals surface area contributed by atoms with Crippen molar-refractivity contribution in [3.63, 3.8) is 0 Å². The molecule has 0 spiro atoms. The summed E-state index contributed by atoms with van der Waals surface area (Å²) in [4.78, 5) is 3.34. The van der Waals surface area contributed by atoms with Crippen LogP contribution in [0.3, 0.4) is 0 Å². The maximum absolute atomic E-state index is 6.35. The number of fused-ring (bicyclic) bond motifs is 1. The molecule has 0 fully saturated rings. The van der Waals surface area contributed by atoms with Crippen molar-refractivity contribution in [3.05, 3.63) is 59.1 Å². The van der Waals surface area contributed by atoms with Crippen LogP contribution in [0.5, 0.6) is 0 Å². The van der Waals surface area contributed by atoms with E-state index in [-0.39, 0.29) is 0 Å². The first-order chi connectivity index (χ1) is 9.34. The highest BCUT2D eigenvalue weighted by atomic mass is 35.5. The van der Waals surface area contributed by atoms with Crippen LogP contribution in [0.4, 0.5) is 0 Å². The van der Waals surface area contributed by atoms with Crippen molar-refractivity contribution >= 4 is 22.5 Å². The summed E-state index contributed by atoms with van der Waals surface area (Å²) in [6, 6.07) is 12.0. The Morgan fingerprint density at radius 3 is 2.84 bits per heavy atom. The summed E-state index contributed by atoms with van der Waals surface area (Å²) >= 11 is 6.35. The highest BCUT2D eigenvalue weighted by Crippen LogP contribution is 2.26. The van der Waals surface area contributed by atoms with Crippen LogP contribution in [0.1, 0.15) is 11.5 Å². The second kappa shape index (κ2) is 5.51. The Labute approximate surface area is 116 Å². The number of aromatic amines is 1. The van der Waals surface area contributed by atoms with E-state index in [1.165, 1.54) is 0 Å². The summed E-state index contributed by atoms with van der Waals surface area (Å²) in [5, 5.41) is 5.25. The average Bonchev–Trinajstić information content (AvgIpc) is 3.04. The molecule has 4 heteroatoms. The lowest BCUT2D eigenvalue weighted by Gasteiger charge is -2.02. The Morgan fingerprint density at radius 2 is 2.05 bits per heavy atom. The topological polar surface area (TPSA) is 41.0 Å². The predicted molar refractivity (Wildman–Crippen MR) is 77.4 cm³/mol. The molecule has 0 radical (unpaired) electrons. The lowest BCUT2D eigenvalue weighted by Crippen LogP contribution is -2.16. The standard InChI is InChI=1S/C15H15ClN2O/c16-15-12-5-1-2-6-13(12)18-14(15)10-17-8-7-11-4-3-9-19-11/h1-6,9,17-18H,7-8,10H2. The Hall–Kier alpha value is -1.71. The van der Waals surface area contributed by atoms with Crippen molar-refractivity contribution in [2.75, 3.05) is 6.54 Å². The molecule has 0 unspecified atom stereocenters. The molecule has 3 aromatic rings. The van der Waals surface area contributed by atoms with E-state index in [1.807, 2.05) is 36.4 Å².